The highest BCUT2D eigenvalue weighted by molar-refractivity contribution is 7.85. The third kappa shape index (κ3) is 7.63. The number of guanidine groups is 1. The van der Waals surface area contributed by atoms with Crippen molar-refractivity contribution in [3.8, 4) is 0 Å². The summed E-state index contributed by atoms with van der Waals surface area (Å²) in [5.41, 5.74) is 1.59. The minimum atomic E-state index is -0.750. The maximum Gasteiger partial charge on any atom is 0.226 e. The molecule has 1 amide bonds. The highest BCUT2D eigenvalue weighted by Crippen LogP contribution is 2.24. The molecule has 1 aromatic rings. The number of benzene rings is 1. The summed E-state index contributed by atoms with van der Waals surface area (Å²) in [6.45, 7) is 7.01. The average molecular weight is 441 g/mol. The van der Waals surface area contributed by atoms with Crippen molar-refractivity contribution in [3.05, 3.63) is 28.8 Å². The first-order valence-corrected chi connectivity index (χ1v) is 12.2. The molecule has 8 heteroatoms. The summed E-state index contributed by atoms with van der Waals surface area (Å²) in [5.74, 6) is 1.34. The summed E-state index contributed by atoms with van der Waals surface area (Å²) in [7, 11) is -0.750. The molecule has 6 nitrogen and oxygen atoms in total. The Hall–Kier alpha value is -1.60. The number of aliphatic imine (C=N–C) groups is 1. The summed E-state index contributed by atoms with van der Waals surface area (Å²) in [4.78, 5) is 16.8. The highest BCUT2D eigenvalue weighted by Gasteiger charge is 2.26. The van der Waals surface area contributed by atoms with Gasteiger partial charge in [-0.1, -0.05) is 31.0 Å². The molecule has 0 spiro atoms. The largest absolute Gasteiger partial charge is 0.357 e. The Labute approximate surface area is 181 Å². The lowest BCUT2D eigenvalue weighted by Gasteiger charge is -2.30. The quantitative estimate of drug-likeness (QED) is 0.426. The van der Waals surface area contributed by atoms with Crippen LogP contribution in [0.4, 0.5) is 5.69 Å². The molecule has 0 aliphatic heterocycles. The summed E-state index contributed by atoms with van der Waals surface area (Å²) in [6.07, 6.45) is 4.36. The van der Waals surface area contributed by atoms with E-state index in [1.165, 1.54) is 0 Å². The van der Waals surface area contributed by atoms with Crippen LogP contribution >= 0.6 is 11.6 Å². The van der Waals surface area contributed by atoms with E-state index in [-0.39, 0.29) is 23.6 Å². The summed E-state index contributed by atoms with van der Waals surface area (Å²) < 4.78 is 12.2. The van der Waals surface area contributed by atoms with Gasteiger partial charge in [0.05, 0.1) is 6.54 Å². The van der Waals surface area contributed by atoms with Crippen molar-refractivity contribution in [2.75, 3.05) is 24.2 Å². The van der Waals surface area contributed by atoms with Gasteiger partial charge in [0.25, 0.3) is 0 Å². The Bertz CT molecular complexity index is 741. The maximum absolute atomic E-state index is 12.3. The minimum absolute atomic E-state index is 0.0916. The number of hydrogen-bond donors (Lipinski definition) is 3. The van der Waals surface area contributed by atoms with Crippen LogP contribution in [-0.4, -0.2) is 46.2 Å². The lowest BCUT2D eigenvalue weighted by atomic mass is 9.95. The van der Waals surface area contributed by atoms with Crippen molar-refractivity contribution in [3.63, 3.8) is 0 Å². The number of carbonyl (C=O) groups is 1. The zero-order valence-corrected chi connectivity index (χ0v) is 19.2. The van der Waals surface area contributed by atoms with Crippen LogP contribution in [0.3, 0.4) is 0 Å². The number of halogens is 1. The van der Waals surface area contributed by atoms with E-state index in [9.17, 15) is 9.00 Å². The van der Waals surface area contributed by atoms with Gasteiger partial charge >= 0.3 is 0 Å². The summed E-state index contributed by atoms with van der Waals surface area (Å²) >= 11 is 6.10. The number of anilines is 1. The monoisotopic (exact) mass is 440 g/mol. The van der Waals surface area contributed by atoms with Crippen LogP contribution < -0.4 is 16.0 Å². The predicted octanol–water partition coefficient (Wildman–Crippen LogP) is 3.61. The molecule has 3 atom stereocenters. The normalized spacial score (nSPS) is 20.8. The fourth-order valence-electron chi connectivity index (χ4n) is 3.49. The SMILES string of the molecule is CCNC(=NCCC(=O)Nc1cccc(Cl)c1C)NC1CCCC(S(=O)CC)C1. The molecule has 1 aromatic carbocycles. The number of hydrogen-bond acceptors (Lipinski definition) is 3. The van der Waals surface area contributed by atoms with Crippen LogP contribution in [0.25, 0.3) is 0 Å². The molecule has 2 rings (SSSR count). The van der Waals surface area contributed by atoms with Gasteiger partial charge in [-0.15, -0.1) is 0 Å². The fourth-order valence-corrected chi connectivity index (χ4v) is 5.01. The highest BCUT2D eigenvalue weighted by atomic mass is 35.5. The van der Waals surface area contributed by atoms with Gasteiger partial charge in [-0.3, -0.25) is 14.0 Å². The number of rotatable bonds is 8. The van der Waals surface area contributed by atoms with Gasteiger partial charge in [-0.2, -0.15) is 0 Å². The van der Waals surface area contributed by atoms with Gasteiger partial charge in [0, 0.05) is 51.5 Å². The average Bonchev–Trinajstić information content (AvgIpc) is 2.71. The molecule has 162 valence electrons. The molecule has 0 bridgehead atoms. The molecule has 1 fully saturated rings. The van der Waals surface area contributed by atoms with E-state index in [0.29, 0.717) is 23.3 Å². The van der Waals surface area contributed by atoms with Crippen LogP contribution in [0.1, 0.15) is 51.5 Å². The number of carbonyl (C=O) groups excluding carboxylic acids is 1. The number of nitrogens with one attached hydrogen (secondary N) is 3. The van der Waals surface area contributed by atoms with E-state index in [0.717, 1.165) is 43.5 Å². The van der Waals surface area contributed by atoms with Crippen LogP contribution in [0.2, 0.25) is 5.02 Å². The van der Waals surface area contributed by atoms with Crippen molar-refractivity contribution in [1.29, 1.82) is 0 Å². The van der Waals surface area contributed by atoms with Crippen molar-refractivity contribution >= 4 is 40.0 Å². The standard InChI is InChI=1S/C21H33ClN4O2S/c1-4-23-21(25-16-8-6-9-17(14-16)29(28)5-2)24-13-12-20(27)26-19-11-7-10-18(22)15(19)3/h7,10-11,16-17H,4-6,8-9,12-14H2,1-3H3,(H,26,27)(H2,23,24,25). The van der Waals surface area contributed by atoms with E-state index in [2.05, 4.69) is 20.9 Å². The molecule has 0 aromatic heterocycles. The smallest absolute Gasteiger partial charge is 0.226 e. The second-order valence-corrected chi connectivity index (χ2v) is 9.68. The minimum Gasteiger partial charge on any atom is -0.357 e. The van der Waals surface area contributed by atoms with Gasteiger partial charge in [-0.05, 0) is 50.8 Å². The molecule has 1 saturated carbocycles. The summed E-state index contributed by atoms with van der Waals surface area (Å²) in [5, 5.41) is 10.5. The number of amides is 1. The Kier molecular flexibility index (Phi) is 9.94. The zero-order valence-electron chi connectivity index (χ0n) is 17.6. The van der Waals surface area contributed by atoms with Crippen LogP contribution in [0.15, 0.2) is 23.2 Å². The first-order valence-electron chi connectivity index (χ1n) is 10.4. The molecule has 29 heavy (non-hydrogen) atoms. The Morgan fingerprint density at radius 1 is 1.31 bits per heavy atom. The molecule has 3 unspecified atom stereocenters. The topological polar surface area (TPSA) is 82.6 Å². The molecule has 0 saturated heterocycles. The lowest BCUT2D eigenvalue weighted by molar-refractivity contribution is -0.116. The van der Waals surface area contributed by atoms with Crippen LogP contribution in [0.5, 0.6) is 0 Å². The Balaban J connectivity index is 1.87. The van der Waals surface area contributed by atoms with E-state index in [1.54, 1.807) is 6.07 Å². The first-order chi connectivity index (χ1) is 13.9. The first kappa shape index (κ1) is 23.7. The predicted molar refractivity (Wildman–Crippen MR) is 123 cm³/mol. The summed E-state index contributed by atoms with van der Waals surface area (Å²) in [6, 6.07) is 5.73. The van der Waals surface area contributed by atoms with E-state index in [1.807, 2.05) is 32.9 Å². The van der Waals surface area contributed by atoms with E-state index in [4.69, 9.17) is 11.6 Å². The van der Waals surface area contributed by atoms with Crippen molar-refractivity contribution < 1.29 is 9.00 Å². The number of nitrogens with zero attached hydrogens (tertiary/aromatic N) is 1. The van der Waals surface area contributed by atoms with Gasteiger partial charge in [0.15, 0.2) is 5.96 Å². The Morgan fingerprint density at radius 2 is 2.10 bits per heavy atom. The van der Waals surface area contributed by atoms with Crippen molar-refractivity contribution in [2.45, 2.75) is 64.2 Å². The maximum atomic E-state index is 12.3. The molecular weight excluding hydrogens is 408 g/mol. The van der Waals surface area contributed by atoms with Crippen LogP contribution in [0, 0.1) is 6.92 Å². The Morgan fingerprint density at radius 3 is 2.83 bits per heavy atom. The van der Waals surface area contributed by atoms with Gasteiger partial charge < -0.3 is 16.0 Å². The molecule has 0 heterocycles. The van der Waals surface area contributed by atoms with Gasteiger partial charge in [0.2, 0.25) is 5.91 Å². The van der Waals surface area contributed by atoms with Crippen molar-refractivity contribution in [2.24, 2.45) is 4.99 Å². The molecule has 1 aliphatic rings. The molecular formula is C21H33ClN4O2S. The second-order valence-electron chi connectivity index (χ2n) is 7.27. The van der Waals surface area contributed by atoms with Gasteiger partial charge in [0.1, 0.15) is 0 Å². The van der Waals surface area contributed by atoms with E-state index < -0.39 is 10.8 Å². The lowest BCUT2D eigenvalue weighted by Crippen LogP contribution is -2.46. The third-order valence-corrected chi connectivity index (χ3v) is 7.27. The van der Waals surface area contributed by atoms with Crippen molar-refractivity contribution in [1.82, 2.24) is 10.6 Å². The van der Waals surface area contributed by atoms with E-state index >= 15 is 0 Å². The molecule has 0 radical (unpaired) electrons. The third-order valence-electron chi connectivity index (χ3n) is 5.12. The molecule has 1 aliphatic carbocycles. The van der Waals surface area contributed by atoms with Crippen LogP contribution in [-0.2, 0) is 15.6 Å². The van der Waals surface area contributed by atoms with Gasteiger partial charge in [-0.25, -0.2) is 0 Å². The molecule has 3 N–H and O–H groups in total. The zero-order chi connectivity index (χ0) is 21.2. The fraction of sp³-hybridized carbons (Fsp3) is 0.619. The second kappa shape index (κ2) is 12.2.